The Hall–Kier alpha value is -1.72. The number of amides is 2. The van der Waals surface area contributed by atoms with E-state index in [0.29, 0.717) is 24.2 Å². The van der Waals surface area contributed by atoms with Crippen LogP contribution in [0.1, 0.15) is 27.1 Å². The van der Waals surface area contributed by atoms with Gasteiger partial charge in [-0.25, -0.2) is 0 Å². The van der Waals surface area contributed by atoms with Gasteiger partial charge in [-0.1, -0.05) is 12.1 Å². The van der Waals surface area contributed by atoms with Gasteiger partial charge in [0.25, 0.3) is 11.8 Å². The van der Waals surface area contributed by atoms with E-state index in [0.717, 1.165) is 13.0 Å². The zero-order chi connectivity index (χ0) is 13.8. The van der Waals surface area contributed by atoms with Crippen LogP contribution in [0.2, 0.25) is 0 Å². The second-order valence-corrected chi connectivity index (χ2v) is 4.84. The number of likely N-dealkylation sites (N-methyl/N-ethyl adjacent to an activating group) is 1. The van der Waals surface area contributed by atoms with Crippen LogP contribution in [-0.2, 0) is 0 Å². The highest BCUT2D eigenvalue weighted by atomic mass is 16.3. The molecule has 5 nitrogen and oxygen atoms in total. The zero-order valence-electron chi connectivity index (χ0n) is 11.1. The Labute approximate surface area is 112 Å². The highest BCUT2D eigenvalue weighted by Crippen LogP contribution is 2.22. The van der Waals surface area contributed by atoms with Crippen LogP contribution in [0.15, 0.2) is 24.3 Å². The van der Waals surface area contributed by atoms with Crippen LogP contribution in [-0.4, -0.2) is 55.1 Å². The number of hydrogen-bond acceptors (Lipinski definition) is 3. The maximum absolute atomic E-state index is 12.1. The van der Waals surface area contributed by atoms with E-state index in [-0.39, 0.29) is 18.4 Å². The second kappa shape index (κ2) is 5.95. The lowest BCUT2D eigenvalue weighted by molar-refractivity contribution is -0.880. The maximum Gasteiger partial charge on any atom is 0.261 e. The van der Waals surface area contributed by atoms with Crippen LogP contribution < -0.4 is 4.90 Å². The van der Waals surface area contributed by atoms with Crippen LogP contribution in [0.4, 0.5) is 0 Å². The van der Waals surface area contributed by atoms with Gasteiger partial charge in [-0.3, -0.25) is 14.5 Å². The molecule has 102 valence electrons. The standard InChI is InChI=1S/C14H18N2O3/c1-15(9-10-17)7-4-8-16-13(18)11-5-2-3-6-12(11)14(16)19/h2-3,5-6,17H,4,7-10H2,1H3/p+1. The summed E-state index contributed by atoms with van der Waals surface area (Å²) in [5.41, 5.74) is 1.01. The SMILES string of the molecule is C[NH+](CCO)CCCN1C(=O)c2ccccc2C1=O. The molecule has 19 heavy (non-hydrogen) atoms. The van der Waals surface area contributed by atoms with E-state index in [1.807, 2.05) is 7.05 Å². The first kappa shape index (κ1) is 13.7. The van der Waals surface area contributed by atoms with Crippen LogP contribution >= 0.6 is 0 Å². The number of hydrogen-bond donors (Lipinski definition) is 2. The molecule has 5 heteroatoms. The van der Waals surface area contributed by atoms with Crippen molar-refractivity contribution >= 4 is 11.8 Å². The molecule has 2 N–H and O–H groups in total. The predicted molar refractivity (Wildman–Crippen MR) is 70.1 cm³/mol. The third-order valence-corrected chi connectivity index (χ3v) is 3.40. The molecule has 0 aliphatic carbocycles. The minimum Gasteiger partial charge on any atom is -0.391 e. The first-order valence-corrected chi connectivity index (χ1v) is 6.52. The number of rotatable bonds is 6. The van der Waals surface area contributed by atoms with Gasteiger partial charge in [0.2, 0.25) is 0 Å². The topological polar surface area (TPSA) is 62.1 Å². The molecular weight excluding hydrogens is 244 g/mol. The average molecular weight is 263 g/mol. The molecule has 0 aromatic heterocycles. The summed E-state index contributed by atoms with van der Waals surface area (Å²) in [6.07, 6.45) is 0.747. The molecule has 1 aromatic rings. The van der Waals surface area contributed by atoms with Crippen molar-refractivity contribution in [2.24, 2.45) is 0 Å². The number of carbonyl (C=O) groups excluding carboxylic acids is 2. The van der Waals surface area contributed by atoms with Gasteiger partial charge in [0.05, 0.1) is 31.3 Å². The summed E-state index contributed by atoms with van der Waals surface area (Å²) < 4.78 is 0. The Bertz CT molecular complexity index is 452. The summed E-state index contributed by atoms with van der Waals surface area (Å²) in [5, 5.41) is 8.81. The molecule has 2 amide bonds. The van der Waals surface area contributed by atoms with Gasteiger partial charge in [-0.2, -0.15) is 0 Å². The zero-order valence-corrected chi connectivity index (χ0v) is 11.1. The lowest BCUT2D eigenvalue weighted by atomic mass is 10.1. The molecule has 1 unspecified atom stereocenters. The average Bonchev–Trinajstić information content (AvgIpc) is 2.65. The summed E-state index contributed by atoms with van der Waals surface area (Å²) in [5.74, 6) is -0.388. The van der Waals surface area contributed by atoms with E-state index < -0.39 is 0 Å². The molecule has 2 rings (SSSR count). The molecule has 1 atom stereocenters. The molecule has 0 bridgehead atoms. The van der Waals surface area contributed by atoms with Gasteiger partial charge in [0.1, 0.15) is 6.54 Å². The van der Waals surface area contributed by atoms with Crippen molar-refractivity contribution in [1.82, 2.24) is 4.90 Å². The highest BCUT2D eigenvalue weighted by Gasteiger charge is 2.34. The third kappa shape index (κ3) is 2.83. The number of nitrogens with one attached hydrogen (secondary N) is 1. The van der Waals surface area contributed by atoms with Crippen LogP contribution in [0.3, 0.4) is 0 Å². The highest BCUT2D eigenvalue weighted by molar-refractivity contribution is 6.21. The van der Waals surface area contributed by atoms with Gasteiger partial charge in [-0.05, 0) is 12.1 Å². The molecule has 0 saturated heterocycles. The summed E-state index contributed by atoms with van der Waals surface area (Å²) in [6.45, 7) is 2.10. The largest absolute Gasteiger partial charge is 0.391 e. The number of benzene rings is 1. The van der Waals surface area contributed by atoms with E-state index in [2.05, 4.69) is 0 Å². The Morgan fingerprint density at radius 1 is 1.11 bits per heavy atom. The molecule has 0 radical (unpaired) electrons. The van der Waals surface area contributed by atoms with E-state index in [1.54, 1.807) is 24.3 Å². The number of imide groups is 1. The van der Waals surface area contributed by atoms with Gasteiger partial charge in [0.15, 0.2) is 0 Å². The number of fused-ring (bicyclic) bond motifs is 1. The second-order valence-electron chi connectivity index (χ2n) is 4.84. The molecule has 1 aromatic carbocycles. The number of aliphatic hydroxyl groups excluding tert-OH is 1. The maximum atomic E-state index is 12.1. The van der Waals surface area contributed by atoms with Crippen LogP contribution in [0, 0.1) is 0 Å². The first-order valence-electron chi connectivity index (χ1n) is 6.52. The molecule has 0 fully saturated rings. The van der Waals surface area contributed by atoms with Gasteiger partial charge >= 0.3 is 0 Å². The lowest BCUT2D eigenvalue weighted by Crippen LogP contribution is -3.09. The molecule has 1 heterocycles. The molecule has 0 spiro atoms. The van der Waals surface area contributed by atoms with Gasteiger partial charge < -0.3 is 10.0 Å². The fourth-order valence-electron chi connectivity index (χ4n) is 2.30. The van der Waals surface area contributed by atoms with Crippen molar-refractivity contribution in [1.29, 1.82) is 0 Å². The van der Waals surface area contributed by atoms with Crippen molar-refractivity contribution in [2.75, 3.05) is 33.3 Å². The van der Waals surface area contributed by atoms with E-state index in [4.69, 9.17) is 5.11 Å². The minimum absolute atomic E-state index is 0.152. The Kier molecular flexibility index (Phi) is 4.29. The number of carbonyl (C=O) groups is 2. The van der Waals surface area contributed by atoms with Crippen LogP contribution in [0.5, 0.6) is 0 Å². The Morgan fingerprint density at radius 2 is 1.68 bits per heavy atom. The van der Waals surface area contributed by atoms with Crippen LogP contribution in [0.25, 0.3) is 0 Å². The normalized spacial score (nSPS) is 15.8. The van der Waals surface area contributed by atoms with Crippen molar-refractivity contribution in [3.05, 3.63) is 35.4 Å². The summed E-state index contributed by atoms with van der Waals surface area (Å²) in [4.78, 5) is 26.6. The molecule has 0 saturated carbocycles. The fourth-order valence-corrected chi connectivity index (χ4v) is 2.30. The monoisotopic (exact) mass is 263 g/mol. The molecule has 1 aliphatic heterocycles. The fraction of sp³-hybridized carbons (Fsp3) is 0.429. The Morgan fingerprint density at radius 3 is 2.21 bits per heavy atom. The summed E-state index contributed by atoms with van der Waals surface area (Å²) in [6, 6.07) is 6.93. The third-order valence-electron chi connectivity index (χ3n) is 3.40. The van der Waals surface area contributed by atoms with E-state index >= 15 is 0 Å². The smallest absolute Gasteiger partial charge is 0.261 e. The predicted octanol–water partition coefficient (Wildman–Crippen LogP) is -0.820. The molecule has 1 aliphatic rings. The van der Waals surface area contributed by atoms with Gasteiger partial charge in [0, 0.05) is 13.0 Å². The van der Waals surface area contributed by atoms with E-state index in [9.17, 15) is 9.59 Å². The number of aliphatic hydroxyl groups is 1. The number of quaternary nitrogens is 1. The van der Waals surface area contributed by atoms with Gasteiger partial charge in [-0.15, -0.1) is 0 Å². The quantitative estimate of drug-likeness (QED) is 0.659. The van der Waals surface area contributed by atoms with Crippen molar-refractivity contribution in [3.63, 3.8) is 0 Å². The van der Waals surface area contributed by atoms with Crippen molar-refractivity contribution < 1.29 is 19.6 Å². The van der Waals surface area contributed by atoms with Crippen molar-refractivity contribution in [3.8, 4) is 0 Å². The summed E-state index contributed by atoms with van der Waals surface area (Å²) in [7, 11) is 1.98. The minimum atomic E-state index is -0.194. The van der Waals surface area contributed by atoms with E-state index in [1.165, 1.54) is 9.80 Å². The first-order chi connectivity index (χ1) is 9.15. The van der Waals surface area contributed by atoms with Crippen molar-refractivity contribution in [2.45, 2.75) is 6.42 Å². The number of nitrogens with zero attached hydrogens (tertiary/aromatic N) is 1. The molecular formula is C14H19N2O3+. The Balaban J connectivity index is 1.93. The summed E-state index contributed by atoms with van der Waals surface area (Å²) >= 11 is 0. The lowest BCUT2D eigenvalue weighted by Gasteiger charge is -2.16.